The fourth-order valence-electron chi connectivity index (χ4n) is 2.65. The predicted octanol–water partition coefficient (Wildman–Crippen LogP) is 0.616. The SMILES string of the molecule is CC(C)N(CC(N)=O)C(=O)C1CCCCC1(C)N. The summed E-state index contributed by atoms with van der Waals surface area (Å²) in [5.74, 6) is -0.715. The molecule has 0 aliphatic heterocycles. The first kappa shape index (κ1) is 15.0. The molecule has 1 aliphatic rings. The highest BCUT2D eigenvalue weighted by Crippen LogP contribution is 2.33. The van der Waals surface area contributed by atoms with Gasteiger partial charge in [0.15, 0.2) is 0 Å². The Kier molecular flexibility index (Phi) is 4.73. The zero-order chi connectivity index (χ0) is 13.9. The number of rotatable bonds is 4. The normalized spacial score (nSPS) is 28.2. The zero-order valence-electron chi connectivity index (χ0n) is 11.6. The Labute approximate surface area is 109 Å². The van der Waals surface area contributed by atoms with Gasteiger partial charge in [0.2, 0.25) is 11.8 Å². The predicted molar refractivity (Wildman–Crippen MR) is 70.6 cm³/mol. The van der Waals surface area contributed by atoms with Crippen LogP contribution in [-0.2, 0) is 9.59 Å². The third-order valence-electron chi connectivity index (χ3n) is 3.78. The van der Waals surface area contributed by atoms with Crippen molar-refractivity contribution in [2.24, 2.45) is 17.4 Å². The number of amides is 2. The van der Waals surface area contributed by atoms with Gasteiger partial charge in [-0.25, -0.2) is 0 Å². The number of primary amides is 1. The maximum Gasteiger partial charge on any atom is 0.237 e. The van der Waals surface area contributed by atoms with Crippen molar-refractivity contribution in [2.75, 3.05) is 6.54 Å². The molecule has 0 radical (unpaired) electrons. The summed E-state index contributed by atoms with van der Waals surface area (Å²) in [6.07, 6.45) is 3.74. The van der Waals surface area contributed by atoms with Crippen molar-refractivity contribution >= 4 is 11.8 Å². The van der Waals surface area contributed by atoms with Crippen LogP contribution in [-0.4, -0.2) is 34.8 Å². The van der Waals surface area contributed by atoms with Gasteiger partial charge in [0, 0.05) is 11.6 Å². The van der Waals surface area contributed by atoms with Crippen LogP contribution in [0.1, 0.15) is 46.5 Å². The van der Waals surface area contributed by atoms with Crippen LogP contribution >= 0.6 is 0 Å². The van der Waals surface area contributed by atoms with E-state index in [1.807, 2.05) is 20.8 Å². The topological polar surface area (TPSA) is 89.4 Å². The summed E-state index contributed by atoms with van der Waals surface area (Å²) in [6.45, 7) is 5.68. The molecule has 4 N–H and O–H groups in total. The number of carbonyl (C=O) groups excluding carboxylic acids is 2. The maximum absolute atomic E-state index is 12.5. The smallest absolute Gasteiger partial charge is 0.237 e. The van der Waals surface area contributed by atoms with Gasteiger partial charge in [0.25, 0.3) is 0 Å². The summed E-state index contributed by atoms with van der Waals surface area (Å²) < 4.78 is 0. The molecule has 0 saturated heterocycles. The minimum atomic E-state index is -0.480. The first-order valence-electron chi connectivity index (χ1n) is 6.63. The first-order valence-corrected chi connectivity index (χ1v) is 6.63. The second-order valence-corrected chi connectivity index (χ2v) is 5.83. The highest BCUT2D eigenvalue weighted by Gasteiger charge is 2.40. The number of hydrogen-bond donors (Lipinski definition) is 2. The van der Waals surface area contributed by atoms with Gasteiger partial charge in [0.05, 0.1) is 12.5 Å². The van der Waals surface area contributed by atoms with E-state index < -0.39 is 11.4 Å². The highest BCUT2D eigenvalue weighted by molar-refractivity contribution is 5.86. The van der Waals surface area contributed by atoms with E-state index in [0.717, 1.165) is 25.7 Å². The summed E-state index contributed by atoms with van der Waals surface area (Å²) in [7, 11) is 0. The standard InChI is InChI=1S/C13H25N3O2/c1-9(2)16(8-11(14)17)12(18)10-6-4-5-7-13(10,3)15/h9-10H,4-8,15H2,1-3H3,(H2,14,17). The molecule has 0 heterocycles. The quantitative estimate of drug-likeness (QED) is 0.771. The van der Waals surface area contributed by atoms with Crippen molar-refractivity contribution in [3.8, 4) is 0 Å². The lowest BCUT2D eigenvalue weighted by Gasteiger charge is -2.40. The molecule has 2 unspecified atom stereocenters. The highest BCUT2D eigenvalue weighted by atomic mass is 16.2. The molecule has 0 aromatic rings. The largest absolute Gasteiger partial charge is 0.368 e. The summed E-state index contributed by atoms with van der Waals surface area (Å²) in [6, 6.07) is -0.0391. The van der Waals surface area contributed by atoms with Gasteiger partial charge in [-0.2, -0.15) is 0 Å². The van der Waals surface area contributed by atoms with Crippen LogP contribution < -0.4 is 11.5 Å². The molecular formula is C13H25N3O2. The summed E-state index contributed by atoms with van der Waals surface area (Å²) in [5, 5.41) is 0. The van der Waals surface area contributed by atoms with Crippen molar-refractivity contribution in [3.05, 3.63) is 0 Å². The van der Waals surface area contributed by atoms with Crippen LogP contribution in [0.25, 0.3) is 0 Å². The Morgan fingerprint density at radius 1 is 1.39 bits per heavy atom. The second-order valence-electron chi connectivity index (χ2n) is 5.83. The minimum absolute atomic E-state index is 0.0247. The number of nitrogens with two attached hydrogens (primary N) is 2. The number of hydrogen-bond acceptors (Lipinski definition) is 3. The third kappa shape index (κ3) is 3.45. The van der Waals surface area contributed by atoms with Gasteiger partial charge in [0.1, 0.15) is 0 Å². The van der Waals surface area contributed by atoms with Crippen LogP contribution in [0.3, 0.4) is 0 Å². The van der Waals surface area contributed by atoms with E-state index in [2.05, 4.69) is 0 Å². The lowest BCUT2D eigenvalue weighted by molar-refractivity contribution is -0.143. The van der Waals surface area contributed by atoms with E-state index in [-0.39, 0.29) is 24.4 Å². The van der Waals surface area contributed by atoms with Crippen molar-refractivity contribution in [2.45, 2.75) is 58.0 Å². The van der Waals surface area contributed by atoms with E-state index >= 15 is 0 Å². The van der Waals surface area contributed by atoms with Crippen LogP contribution in [0.4, 0.5) is 0 Å². The van der Waals surface area contributed by atoms with E-state index in [4.69, 9.17) is 11.5 Å². The molecule has 104 valence electrons. The van der Waals surface area contributed by atoms with E-state index in [0.29, 0.717) is 0 Å². The fourth-order valence-corrected chi connectivity index (χ4v) is 2.65. The molecule has 0 bridgehead atoms. The number of nitrogens with zero attached hydrogens (tertiary/aromatic N) is 1. The molecule has 0 spiro atoms. The molecule has 5 heteroatoms. The van der Waals surface area contributed by atoms with Gasteiger partial charge >= 0.3 is 0 Å². The lowest BCUT2D eigenvalue weighted by atomic mass is 9.74. The Hall–Kier alpha value is -1.10. The Bertz CT molecular complexity index is 326. The lowest BCUT2D eigenvalue weighted by Crippen LogP contribution is -2.56. The average Bonchev–Trinajstić information content (AvgIpc) is 2.23. The molecule has 5 nitrogen and oxygen atoms in total. The molecule has 18 heavy (non-hydrogen) atoms. The molecular weight excluding hydrogens is 230 g/mol. The van der Waals surface area contributed by atoms with E-state index in [9.17, 15) is 9.59 Å². The Balaban J connectivity index is 2.84. The molecule has 1 saturated carbocycles. The van der Waals surface area contributed by atoms with Crippen molar-refractivity contribution in [1.29, 1.82) is 0 Å². The van der Waals surface area contributed by atoms with Gasteiger partial charge in [-0.3, -0.25) is 9.59 Å². The van der Waals surface area contributed by atoms with Crippen molar-refractivity contribution in [1.82, 2.24) is 4.90 Å². The summed E-state index contributed by atoms with van der Waals surface area (Å²) >= 11 is 0. The van der Waals surface area contributed by atoms with Gasteiger partial charge in [-0.05, 0) is 33.6 Å². The van der Waals surface area contributed by atoms with Gasteiger partial charge < -0.3 is 16.4 Å². The molecule has 0 aromatic carbocycles. The summed E-state index contributed by atoms with van der Waals surface area (Å²) in [5.41, 5.74) is 11.0. The molecule has 1 rings (SSSR count). The van der Waals surface area contributed by atoms with Crippen LogP contribution in [0.2, 0.25) is 0 Å². The van der Waals surface area contributed by atoms with E-state index in [1.54, 1.807) is 4.90 Å². The second kappa shape index (κ2) is 5.69. The Morgan fingerprint density at radius 2 is 2.00 bits per heavy atom. The first-order chi connectivity index (χ1) is 8.25. The van der Waals surface area contributed by atoms with Crippen LogP contribution in [0.5, 0.6) is 0 Å². The monoisotopic (exact) mass is 255 g/mol. The molecule has 1 aliphatic carbocycles. The van der Waals surface area contributed by atoms with E-state index in [1.165, 1.54) is 0 Å². The van der Waals surface area contributed by atoms with Crippen molar-refractivity contribution in [3.63, 3.8) is 0 Å². The Morgan fingerprint density at radius 3 is 2.44 bits per heavy atom. The molecule has 2 amide bonds. The van der Waals surface area contributed by atoms with Gasteiger partial charge in [-0.1, -0.05) is 12.8 Å². The molecule has 1 fully saturated rings. The van der Waals surface area contributed by atoms with Crippen LogP contribution in [0.15, 0.2) is 0 Å². The minimum Gasteiger partial charge on any atom is -0.368 e. The maximum atomic E-state index is 12.5. The van der Waals surface area contributed by atoms with Crippen molar-refractivity contribution < 1.29 is 9.59 Å². The molecule has 0 aromatic heterocycles. The van der Waals surface area contributed by atoms with Gasteiger partial charge in [-0.15, -0.1) is 0 Å². The summed E-state index contributed by atoms with van der Waals surface area (Å²) in [4.78, 5) is 25.1. The zero-order valence-corrected chi connectivity index (χ0v) is 11.6. The third-order valence-corrected chi connectivity index (χ3v) is 3.78. The average molecular weight is 255 g/mol. The molecule has 2 atom stereocenters. The fraction of sp³-hybridized carbons (Fsp3) is 0.846. The van der Waals surface area contributed by atoms with Crippen LogP contribution in [0, 0.1) is 5.92 Å². The number of carbonyl (C=O) groups is 2.